The van der Waals surface area contributed by atoms with Crippen LogP contribution in [0, 0.1) is 6.92 Å². The highest BCUT2D eigenvalue weighted by Gasteiger charge is 2.30. The second kappa shape index (κ2) is 6.84. The van der Waals surface area contributed by atoms with E-state index in [4.69, 9.17) is 9.84 Å². The van der Waals surface area contributed by atoms with Gasteiger partial charge in [-0.3, -0.25) is 14.7 Å². The molecular weight excluding hydrogens is 310 g/mol. The maximum Gasteiger partial charge on any atom is 0.305 e. The van der Waals surface area contributed by atoms with E-state index in [-0.39, 0.29) is 18.9 Å². The molecule has 1 atom stereocenters. The van der Waals surface area contributed by atoms with E-state index in [0.29, 0.717) is 24.5 Å². The first-order chi connectivity index (χ1) is 11.5. The quantitative estimate of drug-likeness (QED) is 0.890. The number of morpholine rings is 1. The Hall–Kier alpha value is -2.67. The Morgan fingerprint density at radius 1 is 1.38 bits per heavy atom. The van der Waals surface area contributed by atoms with Gasteiger partial charge in [-0.25, -0.2) is 0 Å². The number of amides is 1. The number of H-pyrrole nitrogens is 1. The van der Waals surface area contributed by atoms with Crippen LogP contribution < -0.4 is 0 Å². The van der Waals surface area contributed by atoms with Crippen LogP contribution in [0.5, 0.6) is 0 Å². The van der Waals surface area contributed by atoms with Crippen molar-refractivity contribution in [2.45, 2.75) is 19.4 Å². The Morgan fingerprint density at radius 3 is 2.83 bits per heavy atom. The highest BCUT2D eigenvalue weighted by Crippen LogP contribution is 2.20. The Morgan fingerprint density at radius 2 is 2.12 bits per heavy atom. The summed E-state index contributed by atoms with van der Waals surface area (Å²) >= 11 is 0. The molecular formula is C17H19N3O4. The zero-order chi connectivity index (χ0) is 17.1. The lowest BCUT2D eigenvalue weighted by Crippen LogP contribution is -2.49. The average Bonchev–Trinajstić information content (AvgIpc) is 3.05. The highest BCUT2D eigenvalue weighted by molar-refractivity contribution is 5.94. The average molecular weight is 329 g/mol. The fraction of sp³-hybridized carbons (Fsp3) is 0.353. The molecule has 1 amide bonds. The van der Waals surface area contributed by atoms with Crippen molar-refractivity contribution < 1.29 is 19.4 Å². The number of nitrogens with one attached hydrogen (secondary N) is 1. The largest absolute Gasteiger partial charge is 0.481 e. The van der Waals surface area contributed by atoms with Crippen molar-refractivity contribution in [2.75, 3.05) is 19.8 Å². The third-order valence-electron chi connectivity index (χ3n) is 4.05. The zero-order valence-corrected chi connectivity index (χ0v) is 13.4. The predicted molar refractivity (Wildman–Crippen MR) is 86.7 cm³/mol. The van der Waals surface area contributed by atoms with Gasteiger partial charge >= 0.3 is 5.97 Å². The second-order valence-electron chi connectivity index (χ2n) is 5.86. The highest BCUT2D eigenvalue weighted by atomic mass is 16.5. The molecule has 0 bridgehead atoms. The first kappa shape index (κ1) is 16.2. The molecule has 1 saturated heterocycles. The molecule has 0 radical (unpaired) electrons. The van der Waals surface area contributed by atoms with E-state index in [9.17, 15) is 9.59 Å². The smallest absolute Gasteiger partial charge is 0.305 e. The monoisotopic (exact) mass is 329 g/mol. The van der Waals surface area contributed by atoms with Gasteiger partial charge in [0.2, 0.25) is 0 Å². The fourth-order valence-electron chi connectivity index (χ4n) is 2.75. The Kier molecular flexibility index (Phi) is 4.61. The van der Waals surface area contributed by atoms with Crippen molar-refractivity contribution in [2.24, 2.45) is 0 Å². The molecule has 1 aliphatic rings. The number of carboxylic acid groups (broad SMARTS) is 1. The molecule has 7 nitrogen and oxygen atoms in total. The van der Waals surface area contributed by atoms with Gasteiger partial charge in [-0.2, -0.15) is 5.10 Å². The van der Waals surface area contributed by atoms with Crippen LogP contribution in [0.2, 0.25) is 0 Å². The van der Waals surface area contributed by atoms with Gasteiger partial charge in [0, 0.05) is 12.1 Å². The molecule has 7 heteroatoms. The van der Waals surface area contributed by atoms with E-state index in [1.54, 1.807) is 11.0 Å². The molecule has 1 aromatic carbocycles. The van der Waals surface area contributed by atoms with Crippen molar-refractivity contribution in [3.63, 3.8) is 0 Å². The molecule has 0 saturated carbocycles. The van der Waals surface area contributed by atoms with Crippen LogP contribution in [0.4, 0.5) is 0 Å². The van der Waals surface area contributed by atoms with Gasteiger partial charge in [0.15, 0.2) is 0 Å². The number of benzene rings is 1. The third kappa shape index (κ3) is 3.46. The summed E-state index contributed by atoms with van der Waals surface area (Å²) in [5, 5.41) is 16.0. The third-order valence-corrected chi connectivity index (χ3v) is 4.05. The number of aromatic nitrogens is 2. The summed E-state index contributed by atoms with van der Waals surface area (Å²) < 4.78 is 5.30. The van der Waals surface area contributed by atoms with Gasteiger partial charge in [0.1, 0.15) is 5.69 Å². The van der Waals surface area contributed by atoms with Gasteiger partial charge in [0.25, 0.3) is 5.91 Å². The predicted octanol–water partition coefficient (Wildman–Crippen LogP) is 1.70. The molecule has 0 aliphatic carbocycles. The number of nitrogens with zero attached hydrogens (tertiary/aromatic N) is 2. The van der Waals surface area contributed by atoms with Crippen LogP contribution >= 0.6 is 0 Å². The molecule has 2 heterocycles. The normalized spacial score (nSPS) is 17.7. The Labute approximate surface area is 139 Å². The Bertz CT molecular complexity index is 739. The van der Waals surface area contributed by atoms with Crippen LogP contribution in [0.15, 0.2) is 30.3 Å². The standard InChI is InChI=1S/C17H19N3O4/c1-11-2-4-12(5-3-11)14-9-15(19-18-14)17(23)20-6-7-24-10-13(20)8-16(21)22/h2-5,9,13H,6-8,10H2,1H3,(H,18,19)(H,21,22). The number of rotatable bonds is 4. The van der Waals surface area contributed by atoms with Crippen LogP contribution in [0.25, 0.3) is 11.3 Å². The van der Waals surface area contributed by atoms with Crippen LogP contribution in [-0.4, -0.2) is 57.9 Å². The van der Waals surface area contributed by atoms with Crippen molar-refractivity contribution in [1.29, 1.82) is 0 Å². The number of hydrogen-bond acceptors (Lipinski definition) is 4. The van der Waals surface area contributed by atoms with E-state index in [1.165, 1.54) is 0 Å². The minimum absolute atomic E-state index is 0.134. The topological polar surface area (TPSA) is 95.5 Å². The maximum absolute atomic E-state index is 12.7. The molecule has 1 aliphatic heterocycles. The minimum Gasteiger partial charge on any atom is -0.481 e. The van der Waals surface area contributed by atoms with E-state index in [1.807, 2.05) is 31.2 Å². The number of aryl methyl sites for hydroxylation is 1. The number of carbonyl (C=O) groups is 2. The molecule has 2 aromatic rings. The minimum atomic E-state index is -0.951. The summed E-state index contributed by atoms with van der Waals surface area (Å²) in [6, 6.07) is 9.09. The summed E-state index contributed by atoms with van der Waals surface area (Å²) in [4.78, 5) is 25.2. The second-order valence-corrected chi connectivity index (χ2v) is 5.86. The summed E-state index contributed by atoms with van der Waals surface area (Å²) in [7, 11) is 0. The number of carbonyl (C=O) groups excluding carboxylic acids is 1. The molecule has 0 spiro atoms. The maximum atomic E-state index is 12.7. The van der Waals surface area contributed by atoms with Gasteiger partial charge in [-0.15, -0.1) is 0 Å². The molecule has 3 rings (SSSR count). The fourth-order valence-corrected chi connectivity index (χ4v) is 2.75. The van der Waals surface area contributed by atoms with Crippen molar-refractivity contribution in [3.05, 3.63) is 41.6 Å². The van der Waals surface area contributed by atoms with Gasteiger partial charge in [-0.1, -0.05) is 29.8 Å². The number of aromatic amines is 1. The van der Waals surface area contributed by atoms with Crippen molar-refractivity contribution in [1.82, 2.24) is 15.1 Å². The number of hydrogen-bond donors (Lipinski definition) is 2. The molecule has 24 heavy (non-hydrogen) atoms. The van der Waals surface area contributed by atoms with Crippen LogP contribution in [0.1, 0.15) is 22.5 Å². The van der Waals surface area contributed by atoms with Crippen molar-refractivity contribution in [3.8, 4) is 11.3 Å². The first-order valence-corrected chi connectivity index (χ1v) is 7.77. The lowest BCUT2D eigenvalue weighted by molar-refractivity contribution is -0.139. The van der Waals surface area contributed by atoms with E-state index in [2.05, 4.69) is 10.2 Å². The zero-order valence-electron chi connectivity index (χ0n) is 13.4. The lowest BCUT2D eigenvalue weighted by Gasteiger charge is -2.34. The summed E-state index contributed by atoms with van der Waals surface area (Å²) in [6.45, 7) is 3.01. The summed E-state index contributed by atoms with van der Waals surface area (Å²) in [6.07, 6.45) is -0.134. The molecule has 1 aromatic heterocycles. The van der Waals surface area contributed by atoms with E-state index >= 15 is 0 Å². The Balaban J connectivity index is 1.79. The van der Waals surface area contributed by atoms with Crippen LogP contribution in [-0.2, 0) is 9.53 Å². The van der Waals surface area contributed by atoms with Gasteiger partial charge in [0.05, 0.1) is 31.4 Å². The van der Waals surface area contributed by atoms with Gasteiger partial charge < -0.3 is 14.7 Å². The van der Waals surface area contributed by atoms with Crippen LogP contribution in [0.3, 0.4) is 0 Å². The summed E-state index contributed by atoms with van der Waals surface area (Å²) in [5.74, 6) is -1.20. The van der Waals surface area contributed by atoms with E-state index in [0.717, 1.165) is 11.1 Å². The molecule has 2 N–H and O–H groups in total. The summed E-state index contributed by atoms with van der Waals surface area (Å²) in [5.41, 5.74) is 3.10. The molecule has 1 fully saturated rings. The number of ether oxygens (including phenoxy) is 1. The van der Waals surface area contributed by atoms with Gasteiger partial charge in [-0.05, 0) is 13.0 Å². The number of aliphatic carboxylic acids is 1. The first-order valence-electron chi connectivity index (χ1n) is 7.77. The van der Waals surface area contributed by atoms with Crippen molar-refractivity contribution >= 4 is 11.9 Å². The lowest BCUT2D eigenvalue weighted by atomic mass is 10.1. The van der Waals surface area contributed by atoms with E-state index < -0.39 is 12.0 Å². The number of carboxylic acids is 1. The molecule has 126 valence electrons. The SMILES string of the molecule is Cc1ccc(-c2cc(C(=O)N3CCOCC3CC(=O)O)[nH]n2)cc1. The molecule has 1 unspecified atom stereocenters.